The maximum atomic E-state index is 14.1. The number of amides is 3. The Morgan fingerprint density at radius 1 is 1.15 bits per heavy atom. The summed E-state index contributed by atoms with van der Waals surface area (Å²) < 4.78 is 6.69. The van der Waals surface area contributed by atoms with Crippen LogP contribution in [0.5, 0.6) is 0 Å². The second-order valence-corrected chi connectivity index (χ2v) is 11.2. The van der Waals surface area contributed by atoms with Crippen LogP contribution in [0, 0.1) is 23.7 Å². The van der Waals surface area contributed by atoms with Gasteiger partial charge in [-0.15, -0.1) is 0 Å². The summed E-state index contributed by atoms with van der Waals surface area (Å²) in [7, 11) is 0. The molecule has 3 unspecified atom stereocenters. The Morgan fingerprint density at radius 2 is 1.82 bits per heavy atom. The quantitative estimate of drug-likeness (QED) is 0.372. The third-order valence-electron chi connectivity index (χ3n) is 8.26. The van der Waals surface area contributed by atoms with Gasteiger partial charge in [0.15, 0.2) is 0 Å². The fourth-order valence-electron chi connectivity index (χ4n) is 6.63. The second kappa shape index (κ2) is 10.5. The minimum Gasteiger partial charge on any atom is -0.394 e. The molecule has 0 aromatic carbocycles. The second-order valence-electron chi connectivity index (χ2n) is 11.2. The van der Waals surface area contributed by atoms with Crippen molar-refractivity contribution in [3.05, 3.63) is 0 Å². The van der Waals surface area contributed by atoms with Gasteiger partial charge < -0.3 is 25.4 Å². The molecule has 8 heteroatoms. The highest BCUT2D eigenvalue weighted by Crippen LogP contribution is 2.65. The van der Waals surface area contributed by atoms with E-state index in [1.807, 2.05) is 34.6 Å². The zero-order valence-corrected chi connectivity index (χ0v) is 21.9. The molecule has 3 rings (SSSR count). The molecular formula is C26H45N3O5. The average Bonchev–Trinajstić information content (AvgIpc) is 3.30. The molecule has 34 heavy (non-hydrogen) atoms. The van der Waals surface area contributed by atoms with E-state index in [0.29, 0.717) is 25.9 Å². The number of aliphatic hydroxyl groups is 1. The van der Waals surface area contributed by atoms with Gasteiger partial charge in [-0.1, -0.05) is 47.5 Å². The minimum absolute atomic E-state index is 0.0157. The van der Waals surface area contributed by atoms with Gasteiger partial charge in [0.1, 0.15) is 11.6 Å². The molecule has 0 aromatic rings. The molecule has 3 heterocycles. The fraction of sp³-hybridized carbons (Fsp3) is 0.885. The van der Waals surface area contributed by atoms with E-state index in [0.717, 1.165) is 25.7 Å². The van der Waals surface area contributed by atoms with Crippen LogP contribution in [0.2, 0.25) is 0 Å². The summed E-state index contributed by atoms with van der Waals surface area (Å²) in [4.78, 5) is 42.7. The number of fused-ring (bicyclic) bond motifs is 1. The number of carbonyl (C=O) groups is 3. The Hall–Kier alpha value is -1.67. The van der Waals surface area contributed by atoms with Crippen molar-refractivity contribution in [1.29, 1.82) is 0 Å². The molecule has 3 saturated heterocycles. The molecule has 2 bridgehead atoms. The van der Waals surface area contributed by atoms with Crippen LogP contribution < -0.4 is 10.6 Å². The first-order chi connectivity index (χ1) is 16.1. The predicted octanol–water partition coefficient (Wildman–Crippen LogP) is 2.24. The van der Waals surface area contributed by atoms with Gasteiger partial charge in [-0.2, -0.15) is 0 Å². The Balaban J connectivity index is 2.03. The Morgan fingerprint density at radius 3 is 2.41 bits per heavy atom. The number of aliphatic hydroxyl groups excluding tert-OH is 1. The highest BCUT2D eigenvalue weighted by Gasteiger charge is 2.80. The number of likely N-dealkylation sites (tertiary alicyclic amines) is 1. The average molecular weight is 480 g/mol. The molecular weight excluding hydrogens is 434 g/mol. The van der Waals surface area contributed by atoms with E-state index >= 15 is 0 Å². The molecule has 1 spiro atoms. The Kier molecular flexibility index (Phi) is 8.33. The molecule has 3 fully saturated rings. The van der Waals surface area contributed by atoms with Crippen molar-refractivity contribution >= 4 is 17.7 Å². The van der Waals surface area contributed by atoms with Crippen molar-refractivity contribution < 1.29 is 24.2 Å². The lowest BCUT2D eigenvalue weighted by atomic mass is 9.62. The first-order valence-electron chi connectivity index (χ1n) is 13.3. The molecule has 0 radical (unpaired) electrons. The number of nitrogens with zero attached hydrogens (tertiary/aromatic N) is 1. The van der Waals surface area contributed by atoms with Crippen LogP contribution in [0.3, 0.4) is 0 Å². The zero-order valence-electron chi connectivity index (χ0n) is 21.9. The molecule has 3 N–H and O–H groups in total. The number of nitrogens with one attached hydrogen (secondary N) is 2. The maximum Gasteiger partial charge on any atom is 0.245 e. The van der Waals surface area contributed by atoms with E-state index in [1.165, 1.54) is 0 Å². The van der Waals surface area contributed by atoms with E-state index in [9.17, 15) is 19.5 Å². The van der Waals surface area contributed by atoms with Gasteiger partial charge in [-0.05, 0) is 44.4 Å². The largest absolute Gasteiger partial charge is 0.394 e. The SMILES string of the molecule is CCCCCNC(=O)C1N([C@@H](CO)CC(C)C)C(=O)[C@@H]2[C@H](C(=O)NCCC)[C@@]3(C)OC12CC3C. The first kappa shape index (κ1) is 26.9. The summed E-state index contributed by atoms with van der Waals surface area (Å²) in [6.45, 7) is 13.0. The van der Waals surface area contributed by atoms with Gasteiger partial charge in [0.05, 0.1) is 30.1 Å². The van der Waals surface area contributed by atoms with E-state index in [4.69, 9.17) is 4.74 Å². The summed E-state index contributed by atoms with van der Waals surface area (Å²) in [5.41, 5.74) is -1.86. The lowest BCUT2D eigenvalue weighted by molar-refractivity contribution is -0.151. The van der Waals surface area contributed by atoms with Crippen LogP contribution >= 0.6 is 0 Å². The van der Waals surface area contributed by atoms with Crippen molar-refractivity contribution in [1.82, 2.24) is 15.5 Å². The van der Waals surface area contributed by atoms with E-state index in [-0.39, 0.29) is 36.2 Å². The van der Waals surface area contributed by atoms with E-state index in [2.05, 4.69) is 17.6 Å². The molecule has 8 nitrogen and oxygen atoms in total. The number of rotatable bonds is 12. The van der Waals surface area contributed by atoms with E-state index in [1.54, 1.807) is 4.90 Å². The molecule has 194 valence electrons. The number of hydrogen-bond donors (Lipinski definition) is 3. The monoisotopic (exact) mass is 479 g/mol. The van der Waals surface area contributed by atoms with Crippen molar-refractivity contribution in [3.8, 4) is 0 Å². The van der Waals surface area contributed by atoms with Gasteiger partial charge in [0.25, 0.3) is 0 Å². The number of carbonyl (C=O) groups excluding carboxylic acids is 3. The molecule has 0 aromatic heterocycles. The predicted molar refractivity (Wildman–Crippen MR) is 130 cm³/mol. The molecule has 7 atom stereocenters. The van der Waals surface area contributed by atoms with Crippen LogP contribution in [0.4, 0.5) is 0 Å². The summed E-state index contributed by atoms with van der Waals surface area (Å²) in [5, 5.41) is 16.3. The molecule has 0 aliphatic carbocycles. The number of unbranched alkanes of at least 4 members (excludes halogenated alkanes) is 2. The molecule has 0 saturated carbocycles. The first-order valence-corrected chi connectivity index (χ1v) is 13.3. The topological polar surface area (TPSA) is 108 Å². The van der Waals surface area contributed by atoms with Gasteiger partial charge in [-0.3, -0.25) is 14.4 Å². The third kappa shape index (κ3) is 4.36. The number of hydrogen-bond acceptors (Lipinski definition) is 5. The molecule has 3 aliphatic rings. The Labute approximate surface area is 204 Å². The van der Waals surface area contributed by atoms with E-state index < -0.39 is 35.1 Å². The summed E-state index contributed by atoms with van der Waals surface area (Å²) >= 11 is 0. The van der Waals surface area contributed by atoms with Crippen molar-refractivity contribution in [2.24, 2.45) is 23.7 Å². The zero-order chi connectivity index (χ0) is 25.3. The highest BCUT2D eigenvalue weighted by molar-refractivity contribution is 5.99. The van der Waals surface area contributed by atoms with Crippen LogP contribution in [-0.4, -0.2) is 70.7 Å². The van der Waals surface area contributed by atoms with Gasteiger partial charge in [-0.25, -0.2) is 0 Å². The van der Waals surface area contributed by atoms with Crippen LogP contribution in [0.25, 0.3) is 0 Å². The van der Waals surface area contributed by atoms with Crippen molar-refractivity contribution in [2.45, 2.75) is 103 Å². The summed E-state index contributed by atoms with van der Waals surface area (Å²) in [6, 6.07) is -1.35. The highest BCUT2D eigenvalue weighted by atomic mass is 16.5. The lowest BCUT2D eigenvalue weighted by Gasteiger charge is -2.37. The minimum atomic E-state index is -1.06. The van der Waals surface area contributed by atoms with Gasteiger partial charge in [0.2, 0.25) is 17.7 Å². The number of ether oxygens (including phenoxy) is 1. The molecule has 3 aliphatic heterocycles. The maximum absolute atomic E-state index is 14.1. The van der Waals surface area contributed by atoms with Crippen LogP contribution in [0.15, 0.2) is 0 Å². The van der Waals surface area contributed by atoms with Crippen molar-refractivity contribution in [3.63, 3.8) is 0 Å². The lowest BCUT2D eigenvalue weighted by Crippen LogP contribution is -2.58. The summed E-state index contributed by atoms with van der Waals surface area (Å²) in [5.74, 6) is -1.78. The normalized spacial score (nSPS) is 35.1. The standard InChI is InChI=1S/C26H45N3O5/c1-7-9-10-12-28-23(32)21-26-14-17(5)25(6,34-26)19(22(31)27-11-8-2)20(26)24(33)29(21)18(15-30)13-16(3)4/h16-21,30H,7-15H2,1-6H3,(H,27,31)(H,28,32)/t17?,18-,19-,20+,21?,25+,26?/m1/s1. The molecule has 3 amide bonds. The Bertz CT molecular complexity index is 774. The van der Waals surface area contributed by atoms with Gasteiger partial charge >= 0.3 is 0 Å². The van der Waals surface area contributed by atoms with Crippen LogP contribution in [-0.2, 0) is 19.1 Å². The fourth-order valence-corrected chi connectivity index (χ4v) is 6.63. The van der Waals surface area contributed by atoms with Crippen LogP contribution in [0.1, 0.15) is 80.1 Å². The smallest absolute Gasteiger partial charge is 0.245 e. The van der Waals surface area contributed by atoms with Crippen molar-refractivity contribution in [2.75, 3.05) is 19.7 Å². The van der Waals surface area contributed by atoms with Gasteiger partial charge in [0, 0.05) is 13.1 Å². The summed E-state index contributed by atoms with van der Waals surface area (Å²) in [6.07, 6.45) is 4.84. The third-order valence-corrected chi connectivity index (χ3v) is 8.26.